The van der Waals surface area contributed by atoms with Crippen molar-refractivity contribution in [2.24, 2.45) is 0 Å². The number of H-pyrrole nitrogens is 1. The molecule has 2 atom stereocenters. The van der Waals surface area contributed by atoms with Crippen LogP contribution in [0.15, 0.2) is 18.2 Å². The van der Waals surface area contributed by atoms with Crippen molar-refractivity contribution in [1.82, 2.24) is 14.5 Å². The Labute approximate surface area is 117 Å². The van der Waals surface area contributed by atoms with E-state index in [-0.39, 0.29) is 5.82 Å². The number of imidazole rings is 1. The standard InChI is InChI=1S/C14H18FN3S/c1-9-8-10(6-7-17(9)2)18-12-5-3-4-11(15)13(12)16-14(18)19/h3-5,9-10H,6-8H2,1-2H3,(H,16,19). The number of hydrogen-bond donors (Lipinski definition) is 1. The van der Waals surface area contributed by atoms with E-state index in [1.54, 1.807) is 6.07 Å². The molecule has 1 aromatic heterocycles. The molecule has 3 rings (SSSR count). The Morgan fingerprint density at radius 1 is 1.42 bits per heavy atom. The zero-order valence-electron chi connectivity index (χ0n) is 11.2. The average molecular weight is 279 g/mol. The van der Waals surface area contributed by atoms with Crippen LogP contribution in [0.2, 0.25) is 0 Å². The number of likely N-dealkylation sites (tertiary alicyclic amines) is 1. The second-order valence-corrected chi connectivity index (χ2v) is 5.83. The van der Waals surface area contributed by atoms with Gasteiger partial charge in [-0.05, 0) is 51.2 Å². The fourth-order valence-corrected chi connectivity index (χ4v) is 3.32. The Bertz CT molecular complexity index is 660. The highest BCUT2D eigenvalue weighted by molar-refractivity contribution is 7.71. The van der Waals surface area contributed by atoms with Crippen LogP contribution in [0.5, 0.6) is 0 Å². The van der Waals surface area contributed by atoms with Crippen molar-refractivity contribution in [3.8, 4) is 0 Å². The first-order valence-electron chi connectivity index (χ1n) is 6.67. The van der Waals surface area contributed by atoms with Gasteiger partial charge in [0.15, 0.2) is 4.77 Å². The molecule has 0 aliphatic carbocycles. The highest BCUT2D eigenvalue weighted by Crippen LogP contribution is 2.30. The molecular formula is C14H18FN3S. The van der Waals surface area contributed by atoms with Crippen molar-refractivity contribution < 1.29 is 4.39 Å². The van der Waals surface area contributed by atoms with Crippen molar-refractivity contribution >= 4 is 23.3 Å². The van der Waals surface area contributed by atoms with E-state index < -0.39 is 0 Å². The lowest BCUT2D eigenvalue weighted by atomic mass is 9.98. The van der Waals surface area contributed by atoms with Crippen LogP contribution >= 0.6 is 12.2 Å². The first kappa shape index (κ1) is 12.8. The Hall–Kier alpha value is -1.20. The molecule has 1 aromatic carbocycles. The van der Waals surface area contributed by atoms with E-state index in [4.69, 9.17) is 12.2 Å². The number of piperidine rings is 1. The quantitative estimate of drug-likeness (QED) is 0.808. The maximum Gasteiger partial charge on any atom is 0.178 e. The zero-order chi connectivity index (χ0) is 13.6. The minimum Gasteiger partial charge on any atom is -0.328 e. The summed E-state index contributed by atoms with van der Waals surface area (Å²) in [5.41, 5.74) is 1.41. The lowest BCUT2D eigenvalue weighted by molar-refractivity contribution is 0.158. The van der Waals surface area contributed by atoms with Gasteiger partial charge in [-0.1, -0.05) is 6.07 Å². The summed E-state index contributed by atoms with van der Waals surface area (Å²) in [6.45, 7) is 3.28. The van der Waals surface area contributed by atoms with Crippen molar-refractivity contribution in [2.75, 3.05) is 13.6 Å². The van der Waals surface area contributed by atoms with Gasteiger partial charge >= 0.3 is 0 Å². The van der Waals surface area contributed by atoms with E-state index in [1.165, 1.54) is 6.07 Å². The number of rotatable bonds is 1. The zero-order valence-corrected chi connectivity index (χ0v) is 12.0. The normalized spacial score (nSPS) is 25.0. The molecule has 1 fully saturated rings. The van der Waals surface area contributed by atoms with Crippen molar-refractivity contribution in [3.05, 3.63) is 28.8 Å². The predicted octanol–water partition coefficient (Wildman–Crippen LogP) is 3.49. The molecule has 2 heterocycles. The number of hydrogen-bond acceptors (Lipinski definition) is 2. The molecule has 0 amide bonds. The van der Waals surface area contributed by atoms with Crippen LogP contribution in [0.3, 0.4) is 0 Å². The van der Waals surface area contributed by atoms with E-state index in [1.807, 2.05) is 6.07 Å². The van der Waals surface area contributed by atoms with Gasteiger partial charge in [-0.15, -0.1) is 0 Å². The predicted molar refractivity (Wildman–Crippen MR) is 77.4 cm³/mol. The summed E-state index contributed by atoms with van der Waals surface area (Å²) in [5, 5.41) is 0. The molecule has 19 heavy (non-hydrogen) atoms. The highest BCUT2D eigenvalue weighted by atomic mass is 32.1. The molecule has 1 saturated heterocycles. The number of halogens is 1. The summed E-state index contributed by atoms with van der Waals surface area (Å²) in [6, 6.07) is 6.03. The van der Waals surface area contributed by atoms with Gasteiger partial charge in [-0.25, -0.2) is 4.39 Å². The van der Waals surface area contributed by atoms with E-state index in [9.17, 15) is 4.39 Å². The van der Waals surface area contributed by atoms with Crippen molar-refractivity contribution in [2.45, 2.75) is 31.8 Å². The summed E-state index contributed by atoms with van der Waals surface area (Å²) >= 11 is 5.39. The van der Waals surface area contributed by atoms with Gasteiger partial charge in [-0.2, -0.15) is 0 Å². The highest BCUT2D eigenvalue weighted by Gasteiger charge is 2.25. The summed E-state index contributed by atoms with van der Waals surface area (Å²) in [6.07, 6.45) is 2.10. The van der Waals surface area contributed by atoms with Crippen LogP contribution in [0.1, 0.15) is 25.8 Å². The number of aromatic nitrogens is 2. The van der Waals surface area contributed by atoms with Gasteiger partial charge in [0.1, 0.15) is 11.3 Å². The van der Waals surface area contributed by atoms with Gasteiger partial charge in [0.05, 0.1) is 5.52 Å². The molecule has 0 saturated carbocycles. The molecular weight excluding hydrogens is 261 g/mol. The van der Waals surface area contributed by atoms with Crippen LogP contribution in [0.25, 0.3) is 11.0 Å². The van der Waals surface area contributed by atoms with Crippen LogP contribution in [-0.2, 0) is 0 Å². The summed E-state index contributed by atoms with van der Waals surface area (Å²) in [5.74, 6) is -0.233. The Morgan fingerprint density at radius 3 is 2.95 bits per heavy atom. The topological polar surface area (TPSA) is 24.0 Å². The number of aromatic amines is 1. The largest absolute Gasteiger partial charge is 0.328 e. The van der Waals surface area contributed by atoms with Crippen LogP contribution in [0, 0.1) is 10.6 Å². The lowest BCUT2D eigenvalue weighted by Gasteiger charge is -2.35. The van der Waals surface area contributed by atoms with Crippen LogP contribution in [0.4, 0.5) is 4.39 Å². The minimum atomic E-state index is -0.233. The SMILES string of the molecule is CC1CC(n2c(=S)[nH]c3c(F)cccc32)CCN1C. The first-order chi connectivity index (χ1) is 9.08. The number of nitrogens with one attached hydrogen (secondary N) is 1. The monoisotopic (exact) mass is 279 g/mol. The molecule has 102 valence electrons. The van der Waals surface area contributed by atoms with Crippen molar-refractivity contribution in [1.29, 1.82) is 0 Å². The molecule has 0 bridgehead atoms. The van der Waals surface area contributed by atoms with Gasteiger partial charge in [0, 0.05) is 18.6 Å². The average Bonchev–Trinajstić information content (AvgIpc) is 2.71. The van der Waals surface area contributed by atoms with Gasteiger partial charge < -0.3 is 14.5 Å². The summed E-state index contributed by atoms with van der Waals surface area (Å²) < 4.78 is 16.5. The summed E-state index contributed by atoms with van der Waals surface area (Å²) in [4.78, 5) is 5.36. The Morgan fingerprint density at radius 2 is 2.21 bits per heavy atom. The van der Waals surface area contributed by atoms with E-state index in [2.05, 4.69) is 28.4 Å². The van der Waals surface area contributed by atoms with E-state index >= 15 is 0 Å². The lowest BCUT2D eigenvalue weighted by Crippen LogP contribution is -2.38. The smallest absolute Gasteiger partial charge is 0.178 e. The number of nitrogens with zero attached hydrogens (tertiary/aromatic N) is 2. The van der Waals surface area contributed by atoms with Gasteiger partial charge in [-0.3, -0.25) is 0 Å². The number of benzene rings is 1. The molecule has 2 aromatic rings. The first-order valence-corrected chi connectivity index (χ1v) is 7.07. The third kappa shape index (κ3) is 2.11. The van der Waals surface area contributed by atoms with E-state index in [0.29, 0.717) is 22.4 Å². The van der Waals surface area contributed by atoms with Gasteiger partial charge in [0.2, 0.25) is 0 Å². The van der Waals surface area contributed by atoms with Crippen LogP contribution in [-0.4, -0.2) is 34.1 Å². The molecule has 1 N–H and O–H groups in total. The Balaban J connectivity index is 2.08. The molecule has 1 aliphatic heterocycles. The second-order valence-electron chi connectivity index (χ2n) is 5.44. The molecule has 1 aliphatic rings. The third-order valence-electron chi connectivity index (χ3n) is 4.25. The van der Waals surface area contributed by atoms with Crippen LogP contribution < -0.4 is 0 Å². The fraction of sp³-hybridized carbons (Fsp3) is 0.500. The maximum atomic E-state index is 13.8. The third-order valence-corrected chi connectivity index (χ3v) is 4.55. The maximum absolute atomic E-state index is 13.8. The fourth-order valence-electron chi connectivity index (χ4n) is 2.98. The van der Waals surface area contributed by atoms with Crippen molar-refractivity contribution in [3.63, 3.8) is 0 Å². The molecule has 3 nitrogen and oxygen atoms in total. The Kier molecular flexibility index (Phi) is 3.19. The molecule has 5 heteroatoms. The molecule has 0 spiro atoms. The summed E-state index contributed by atoms with van der Waals surface area (Å²) in [7, 11) is 2.15. The molecule has 2 unspecified atom stereocenters. The molecule has 0 radical (unpaired) electrons. The second kappa shape index (κ2) is 4.72. The van der Waals surface area contributed by atoms with E-state index in [0.717, 1.165) is 24.9 Å². The number of fused-ring (bicyclic) bond motifs is 1. The number of para-hydroxylation sites is 1. The minimum absolute atomic E-state index is 0.233. The van der Waals surface area contributed by atoms with Gasteiger partial charge in [0.25, 0.3) is 0 Å².